The minimum Gasteiger partial charge on any atom is -0.478 e. The van der Waals surface area contributed by atoms with E-state index in [9.17, 15) is 9.59 Å². The normalized spacial score (nSPS) is 11.7. The molecule has 2 rings (SSSR count). The molecule has 4 N–H and O–H groups in total. The van der Waals surface area contributed by atoms with Gasteiger partial charge in [0, 0.05) is 5.69 Å². The predicted molar refractivity (Wildman–Crippen MR) is 80.1 cm³/mol. The summed E-state index contributed by atoms with van der Waals surface area (Å²) < 4.78 is 0. The highest BCUT2D eigenvalue weighted by Gasteiger charge is 2.17. The Balaban J connectivity index is 2.21. The zero-order valence-corrected chi connectivity index (χ0v) is 11.5. The van der Waals surface area contributed by atoms with Crippen LogP contribution in [0.5, 0.6) is 0 Å². The van der Waals surface area contributed by atoms with Crippen LogP contribution in [-0.2, 0) is 4.79 Å². The Labute approximate surface area is 122 Å². The third kappa shape index (κ3) is 3.27. The van der Waals surface area contributed by atoms with Gasteiger partial charge in [-0.05, 0) is 30.2 Å². The maximum atomic E-state index is 12.2. The summed E-state index contributed by atoms with van der Waals surface area (Å²) >= 11 is 0. The van der Waals surface area contributed by atoms with Gasteiger partial charge in [-0.2, -0.15) is 0 Å². The summed E-state index contributed by atoms with van der Waals surface area (Å²) in [6.07, 6.45) is 0. The van der Waals surface area contributed by atoms with Gasteiger partial charge in [0.05, 0.1) is 5.56 Å². The molecule has 0 unspecified atom stereocenters. The van der Waals surface area contributed by atoms with E-state index in [4.69, 9.17) is 10.8 Å². The molecule has 0 aliphatic heterocycles. The van der Waals surface area contributed by atoms with E-state index in [0.29, 0.717) is 16.8 Å². The Bertz CT molecular complexity index is 668. The van der Waals surface area contributed by atoms with E-state index in [2.05, 4.69) is 5.32 Å². The van der Waals surface area contributed by atoms with Crippen LogP contribution in [-0.4, -0.2) is 17.0 Å². The molecule has 5 heteroatoms. The molecule has 2 aromatic carbocycles. The number of carbonyl (C=O) groups is 2. The Hall–Kier alpha value is -2.66. The van der Waals surface area contributed by atoms with Crippen molar-refractivity contribution < 1.29 is 14.7 Å². The number of hydrogen-bond donors (Lipinski definition) is 3. The van der Waals surface area contributed by atoms with Crippen LogP contribution in [0.1, 0.15) is 27.5 Å². The molecule has 0 bridgehead atoms. The van der Waals surface area contributed by atoms with Gasteiger partial charge in [-0.1, -0.05) is 36.4 Å². The number of amides is 1. The number of anilines is 1. The summed E-state index contributed by atoms with van der Waals surface area (Å²) in [4.78, 5) is 23.2. The van der Waals surface area contributed by atoms with E-state index in [1.807, 2.05) is 6.07 Å². The van der Waals surface area contributed by atoms with Crippen molar-refractivity contribution in [2.45, 2.75) is 13.0 Å². The van der Waals surface area contributed by atoms with Crippen molar-refractivity contribution in [2.24, 2.45) is 5.73 Å². The number of aromatic carboxylic acids is 1. The maximum Gasteiger partial charge on any atom is 0.336 e. The number of carbonyl (C=O) groups excluding carboxylic acids is 1. The van der Waals surface area contributed by atoms with Gasteiger partial charge >= 0.3 is 5.97 Å². The van der Waals surface area contributed by atoms with E-state index >= 15 is 0 Å². The van der Waals surface area contributed by atoms with Crippen molar-refractivity contribution in [3.8, 4) is 0 Å². The van der Waals surface area contributed by atoms with Gasteiger partial charge in [0.1, 0.15) is 6.04 Å². The number of rotatable bonds is 4. The minimum absolute atomic E-state index is 0.154. The Kier molecular flexibility index (Phi) is 4.35. The molecular weight excluding hydrogens is 268 g/mol. The van der Waals surface area contributed by atoms with Gasteiger partial charge in [-0.3, -0.25) is 4.79 Å². The number of nitrogens with two attached hydrogens (primary N) is 1. The molecule has 21 heavy (non-hydrogen) atoms. The third-order valence-electron chi connectivity index (χ3n) is 3.26. The Morgan fingerprint density at radius 3 is 2.38 bits per heavy atom. The van der Waals surface area contributed by atoms with Crippen LogP contribution in [0.25, 0.3) is 0 Å². The first-order valence-corrected chi connectivity index (χ1v) is 6.45. The highest BCUT2D eigenvalue weighted by Crippen LogP contribution is 2.20. The molecule has 2 aromatic rings. The lowest BCUT2D eigenvalue weighted by Gasteiger charge is -2.15. The first-order valence-electron chi connectivity index (χ1n) is 6.45. The molecule has 0 saturated carbocycles. The number of carboxylic acids is 1. The minimum atomic E-state index is -1.03. The fourth-order valence-electron chi connectivity index (χ4n) is 2.02. The molecule has 0 fully saturated rings. The molecule has 0 aliphatic rings. The average Bonchev–Trinajstić information content (AvgIpc) is 2.49. The van der Waals surface area contributed by atoms with Crippen LogP contribution in [0.15, 0.2) is 48.5 Å². The second kappa shape index (κ2) is 6.19. The van der Waals surface area contributed by atoms with E-state index in [-0.39, 0.29) is 11.5 Å². The zero-order chi connectivity index (χ0) is 15.4. The third-order valence-corrected chi connectivity index (χ3v) is 3.26. The quantitative estimate of drug-likeness (QED) is 0.803. The topological polar surface area (TPSA) is 92.4 Å². The largest absolute Gasteiger partial charge is 0.478 e. The molecule has 0 radical (unpaired) electrons. The number of benzene rings is 2. The summed E-state index contributed by atoms with van der Waals surface area (Å²) in [7, 11) is 0. The second-order valence-electron chi connectivity index (χ2n) is 4.66. The second-order valence-corrected chi connectivity index (χ2v) is 4.66. The van der Waals surface area contributed by atoms with Crippen LogP contribution < -0.4 is 11.1 Å². The molecule has 0 aromatic heterocycles. The van der Waals surface area contributed by atoms with Crippen molar-refractivity contribution >= 4 is 17.6 Å². The van der Waals surface area contributed by atoms with Crippen LogP contribution in [0.4, 0.5) is 5.69 Å². The molecule has 5 nitrogen and oxygen atoms in total. The Morgan fingerprint density at radius 2 is 1.76 bits per heavy atom. The average molecular weight is 284 g/mol. The molecule has 0 heterocycles. The SMILES string of the molecule is Cc1c(NC(=O)[C@H](N)c2ccccc2)cccc1C(=O)O. The maximum absolute atomic E-state index is 12.2. The van der Waals surface area contributed by atoms with Gasteiger partial charge in [-0.15, -0.1) is 0 Å². The monoisotopic (exact) mass is 284 g/mol. The van der Waals surface area contributed by atoms with Crippen molar-refractivity contribution in [1.82, 2.24) is 0 Å². The number of nitrogens with one attached hydrogen (secondary N) is 1. The fourth-order valence-corrected chi connectivity index (χ4v) is 2.02. The summed E-state index contributed by atoms with van der Waals surface area (Å²) in [5.74, 6) is -1.41. The predicted octanol–water partition coefficient (Wildman–Crippen LogP) is 2.33. The van der Waals surface area contributed by atoms with Crippen molar-refractivity contribution in [2.75, 3.05) is 5.32 Å². The smallest absolute Gasteiger partial charge is 0.336 e. The molecule has 0 spiro atoms. The van der Waals surface area contributed by atoms with E-state index in [1.165, 1.54) is 6.07 Å². The van der Waals surface area contributed by atoms with Gasteiger partial charge < -0.3 is 16.2 Å². The lowest BCUT2D eigenvalue weighted by Crippen LogP contribution is -2.28. The van der Waals surface area contributed by atoms with Gasteiger partial charge in [-0.25, -0.2) is 4.79 Å². The van der Waals surface area contributed by atoms with E-state index in [1.54, 1.807) is 43.3 Å². The van der Waals surface area contributed by atoms with Gasteiger partial charge in [0.25, 0.3) is 0 Å². The molecule has 1 atom stereocenters. The zero-order valence-electron chi connectivity index (χ0n) is 11.5. The molecule has 108 valence electrons. The van der Waals surface area contributed by atoms with Crippen LogP contribution in [0.2, 0.25) is 0 Å². The molecule has 0 aliphatic carbocycles. The summed E-state index contributed by atoms with van der Waals surface area (Å²) in [6, 6.07) is 12.9. The standard InChI is InChI=1S/C16H16N2O3/c1-10-12(16(20)21)8-5-9-13(10)18-15(19)14(17)11-6-3-2-4-7-11/h2-9,14H,17H2,1H3,(H,18,19)(H,20,21)/t14-/m1/s1. The van der Waals surface area contributed by atoms with Crippen molar-refractivity contribution in [1.29, 1.82) is 0 Å². The number of carboxylic acid groups (broad SMARTS) is 1. The molecular formula is C16H16N2O3. The summed E-state index contributed by atoms with van der Waals surface area (Å²) in [6.45, 7) is 1.65. The molecule has 0 saturated heterocycles. The van der Waals surface area contributed by atoms with Crippen molar-refractivity contribution in [3.05, 3.63) is 65.2 Å². The lowest BCUT2D eigenvalue weighted by molar-refractivity contribution is -0.117. The summed E-state index contributed by atoms with van der Waals surface area (Å²) in [5.41, 5.74) is 7.71. The van der Waals surface area contributed by atoms with Gasteiger partial charge in [0.2, 0.25) is 5.91 Å². The number of hydrogen-bond acceptors (Lipinski definition) is 3. The van der Waals surface area contributed by atoms with E-state index in [0.717, 1.165) is 0 Å². The van der Waals surface area contributed by atoms with Gasteiger partial charge in [0.15, 0.2) is 0 Å². The van der Waals surface area contributed by atoms with Crippen LogP contribution in [0.3, 0.4) is 0 Å². The first kappa shape index (κ1) is 14.7. The lowest BCUT2D eigenvalue weighted by atomic mass is 10.0. The summed E-state index contributed by atoms with van der Waals surface area (Å²) in [5, 5.41) is 11.8. The highest BCUT2D eigenvalue weighted by molar-refractivity contribution is 5.98. The fraction of sp³-hybridized carbons (Fsp3) is 0.125. The van der Waals surface area contributed by atoms with Crippen LogP contribution in [0, 0.1) is 6.92 Å². The van der Waals surface area contributed by atoms with Crippen molar-refractivity contribution in [3.63, 3.8) is 0 Å². The Morgan fingerprint density at radius 1 is 1.10 bits per heavy atom. The highest BCUT2D eigenvalue weighted by atomic mass is 16.4. The van der Waals surface area contributed by atoms with Crippen LogP contribution >= 0.6 is 0 Å². The first-order chi connectivity index (χ1) is 10.0. The van der Waals surface area contributed by atoms with E-state index < -0.39 is 12.0 Å². The molecule has 1 amide bonds.